The van der Waals surface area contributed by atoms with Crippen molar-refractivity contribution in [2.75, 3.05) is 6.54 Å². The smallest absolute Gasteiger partial charge is 0.321 e. The molecule has 0 aromatic heterocycles. The van der Waals surface area contributed by atoms with Gasteiger partial charge in [0.15, 0.2) is 0 Å². The maximum atomic E-state index is 12.7. The molecule has 26 heavy (non-hydrogen) atoms. The second-order valence-corrected chi connectivity index (χ2v) is 8.13. The summed E-state index contributed by atoms with van der Waals surface area (Å²) in [7, 11) is -3.81. The van der Waals surface area contributed by atoms with Crippen molar-refractivity contribution in [3.05, 3.63) is 63.7 Å². The molecule has 0 heterocycles. The van der Waals surface area contributed by atoms with E-state index in [1.54, 1.807) is 13.8 Å². The van der Waals surface area contributed by atoms with E-state index in [2.05, 4.69) is 4.72 Å². The lowest BCUT2D eigenvalue weighted by Crippen LogP contribution is -2.32. The maximum Gasteiger partial charge on any atom is 0.321 e. The first-order valence-corrected chi connectivity index (χ1v) is 9.89. The average molecular weight is 375 g/mol. The van der Waals surface area contributed by atoms with Crippen molar-refractivity contribution in [3.63, 3.8) is 0 Å². The lowest BCUT2D eigenvalue weighted by Gasteiger charge is -2.18. The van der Waals surface area contributed by atoms with E-state index in [1.807, 2.05) is 51.1 Å². The Labute approximate surface area is 155 Å². The zero-order valence-electron chi connectivity index (χ0n) is 15.8. The SMILES string of the molecule is Cc1c(C)c(C)c(S(=O)(=O)NCC(=O)OCc2ccccc2)c(C)c1C. The number of carbonyl (C=O) groups is 1. The number of nitrogens with one attached hydrogen (secondary N) is 1. The molecular formula is C20H25NO4S. The van der Waals surface area contributed by atoms with Gasteiger partial charge in [0.05, 0.1) is 4.90 Å². The first-order chi connectivity index (χ1) is 12.1. The van der Waals surface area contributed by atoms with Crippen LogP contribution in [0, 0.1) is 34.6 Å². The van der Waals surface area contributed by atoms with E-state index in [0.717, 1.165) is 22.3 Å². The van der Waals surface area contributed by atoms with Gasteiger partial charge in [-0.05, 0) is 68.0 Å². The highest BCUT2D eigenvalue weighted by molar-refractivity contribution is 7.89. The number of sulfonamides is 1. The third kappa shape index (κ3) is 4.31. The molecule has 0 fully saturated rings. The van der Waals surface area contributed by atoms with Crippen molar-refractivity contribution in [1.29, 1.82) is 0 Å². The number of ether oxygens (including phenoxy) is 1. The van der Waals surface area contributed by atoms with Gasteiger partial charge in [0.1, 0.15) is 13.2 Å². The topological polar surface area (TPSA) is 72.5 Å². The third-order valence-corrected chi connectivity index (χ3v) is 6.52. The van der Waals surface area contributed by atoms with Crippen LogP contribution in [0.1, 0.15) is 33.4 Å². The second kappa shape index (κ2) is 8.01. The minimum Gasteiger partial charge on any atom is -0.460 e. The molecule has 0 radical (unpaired) electrons. The van der Waals surface area contributed by atoms with Gasteiger partial charge in [-0.15, -0.1) is 0 Å². The highest BCUT2D eigenvalue weighted by atomic mass is 32.2. The molecule has 2 rings (SSSR count). The highest BCUT2D eigenvalue weighted by Crippen LogP contribution is 2.29. The number of esters is 1. The molecule has 0 saturated carbocycles. The highest BCUT2D eigenvalue weighted by Gasteiger charge is 2.24. The van der Waals surface area contributed by atoms with Crippen LogP contribution in [0.5, 0.6) is 0 Å². The molecule has 0 spiro atoms. The predicted molar refractivity (Wildman–Crippen MR) is 102 cm³/mol. The first kappa shape index (κ1) is 20.1. The predicted octanol–water partition coefficient (Wildman–Crippen LogP) is 3.25. The molecule has 0 unspecified atom stereocenters. The van der Waals surface area contributed by atoms with Crippen LogP contribution in [-0.4, -0.2) is 20.9 Å². The third-order valence-electron chi connectivity index (χ3n) is 4.85. The van der Waals surface area contributed by atoms with Crippen molar-refractivity contribution in [3.8, 4) is 0 Å². The van der Waals surface area contributed by atoms with Crippen LogP contribution in [0.3, 0.4) is 0 Å². The summed E-state index contributed by atoms with van der Waals surface area (Å²) in [5.74, 6) is -0.617. The van der Waals surface area contributed by atoms with Crippen molar-refractivity contribution < 1.29 is 17.9 Å². The van der Waals surface area contributed by atoms with Crippen LogP contribution >= 0.6 is 0 Å². The van der Waals surface area contributed by atoms with Crippen LogP contribution in [0.25, 0.3) is 0 Å². The van der Waals surface area contributed by atoms with E-state index in [9.17, 15) is 13.2 Å². The minimum absolute atomic E-state index is 0.113. The Kier molecular flexibility index (Phi) is 6.21. The number of rotatable bonds is 6. The van der Waals surface area contributed by atoms with E-state index < -0.39 is 22.5 Å². The number of hydrogen-bond donors (Lipinski definition) is 1. The Morgan fingerprint density at radius 2 is 1.38 bits per heavy atom. The Morgan fingerprint density at radius 3 is 1.92 bits per heavy atom. The molecule has 140 valence electrons. The van der Waals surface area contributed by atoms with Gasteiger partial charge in [-0.3, -0.25) is 4.79 Å². The fourth-order valence-corrected chi connectivity index (χ4v) is 4.45. The van der Waals surface area contributed by atoms with Crippen LogP contribution in [0.4, 0.5) is 0 Å². The van der Waals surface area contributed by atoms with Crippen LogP contribution in [0.2, 0.25) is 0 Å². The van der Waals surface area contributed by atoms with E-state index in [0.29, 0.717) is 11.1 Å². The molecule has 6 heteroatoms. The molecule has 0 bridgehead atoms. The zero-order chi connectivity index (χ0) is 19.5. The average Bonchev–Trinajstić information content (AvgIpc) is 2.62. The molecular weight excluding hydrogens is 350 g/mol. The Morgan fingerprint density at radius 1 is 0.885 bits per heavy atom. The molecule has 5 nitrogen and oxygen atoms in total. The summed E-state index contributed by atoms with van der Waals surface area (Å²) in [5, 5.41) is 0. The van der Waals surface area contributed by atoms with Gasteiger partial charge >= 0.3 is 5.97 Å². The van der Waals surface area contributed by atoms with Crippen LogP contribution < -0.4 is 4.72 Å². The summed E-state index contributed by atoms with van der Waals surface area (Å²) in [6.45, 7) is 9.08. The lowest BCUT2D eigenvalue weighted by molar-refractivity contribution is -0.143. The monoisotopic (exact) mass is 375 g/mol. The Hall–Kier alpha value is -2.18. The van der Waals surface area contributed by atoms with Crippen molar-refractivity contribution in [2.45, 2.75) is 46.1 Å². The molecule has 0 aliphatic rings. The Balaban J connectivity index is 2.11. The van der Waals surface area contributed by atoms with E-state index in [-0.39, 0.29) is 11.5 Å². The summed E-state index contributed by atoms with van der Waals surface area (Å²) in [6, 6.07) is 9.23. The second-order valence-electron chi connectivity index (χ2n) is 6.42. The van der Waals surface area contributed by atoms with Gasteiger partial charge in [0, 0.05) is 0 Å². The van der Waals surface area contributed by atoms with Crippen LogP contribution in [-0.2, 0) is 26.2 Å². The van der Waals surface area contributed by atoms with Gasteiger partial charge in [0.2, 0.25) is 10.0 Å². The normalized spacial score (nSPS) is 11.4. The standard InChI is InChI=1S/C20H25NO4S/c1-13-14(2)16(4)20(17(5)15(13)3)26(23,24)21-11-19(22)25-12-18-9-7-6-8-10-18/h6-10,21H,11-12H2,1-5H3. The number of carbonyl (C=O) groups excluding carboxylic acids is 1. The van der Waals surface area contributed by atoms with Gasteiger partial charge < -0.3 is 4.74 Å². The van der Waals surface area contributed by atoms with Crippen molar-refractivity contribution >= 4 is 16.0 Å². The zero-order valence-corrected chi connectivity index (χ0v) is 16.7. The molecule has 0 aliphatic carbocycles. The molecule has 2 aromatic carbocycles. The number of benzene rings is 2. The molecule has 0 saturated heterocycles. The molecule has 0 atom stereocenters. The van der Waals surface area contributed by atoms with Crippen molar-refractivity contribution in [2.24, 2.45) is 0 Å². The quantitative estimate of drug-likeness (QED) is 0.787. The molecule has 2 aromatic rings. The molecule has 1 N–H and O–H groups in total. The van der Waals surface area contributed by atoms with Gasteiger partial charge in [-0.1, -0.05) is 30.3 Å². The van der Waals surface area contributed by atoms with Crippen molar-refractivity contribution in [1.82, 2.24) is 4.72 Å². The summed E-state index contributed by atoms with van der Waals surface area (Å²) in [6.07, 6.45) is 0. The minimum atomic E-state index is -3.81. The summed E-state index contributed by atoms with van der Waals surface area (Å²) >= 11 is 0. The van der Waals surface area contributed by atoms with Gasteiger partial charge in [0.25, 0.3) is 0 Å². The summed E-state index contributed by atoms with van der Waals surface area (Å²) < 4.78 is 33.0. The largest absolute Gasteiger partial charge is 0.460 e. The molecule has 0 aliphatic heterocycles. The first-order valence-electron chi connectivity index (χ1n) is 8.41. The van der Waals surface area contributed by atoms with Crippen LogP contribution in [0.15, 0.2) is 35.2 Å². The van der Waals surface area contributed by atoms with Gasteiger partial charge in [-0.25, -0.2) is 8.42 Å². The summed E-state index contributed by atoms with van der Waals surface area (Å²) in [5.41, 5.74) is 5.23. The lowest BCUT2D eigenvalue weighted by atomic mass is 9.95. The van der Waals surface area contributed by atoms with E-state index in [1.165, 1.54) is 0 Å². The fourth-order valence-electron chi connectivity index (χ4n) is 2.88. The summed E-state index contributed by atoms with van der Waals surface area (Å²) in [4.78, 5) is 12.1. The fraction of sp³-hybridized carbons (Fsp3) is 0.350. The van der Waals surface area contributed by atoms with E-state index in [4.69, 9.17) is 4.74 Å². The van der Waals surface area contributed by atoms with Gasteiger partial charge in [-0.2, -0.15) is 4.72 Å². The number of hydrogen-bond acceptors (Lipinski definition) is 4. The van der Waals surface area contributed by atoms with E-state index >= 15 is 0 Å². The molecule has 0 amide bonds. The Bertz CT molecular complexity index is 890. The maximum absolute atomic E-state index is 12.7.